The van der Waals surface area contributed by atoms with Crippen LogP contribution in [0.3, 0.4) is 0 Å². The van der Waals surface area contributed by atoms with Gasteiger partial charge < -0.3 is 10.5 Å². The van der Waals surface area contributed by atoms with Gasteiger partial charge >= 0.3 is 5.97 Å². The van der Waals surface area contributed by atoms with Crippen molar-refractivity contribution in [2.75, 3.05) is 12.8 Å². The Morgan fingerprint density at radius 2 is 2.19 bits per heavy atom. The number of benzene rings is 1. The van der Waals surface area contributed by atoms with E-state index >= 15 is 0 Å². The van der Waals surface area contributed by atoms with E-state index in [1.54, 1.807) is 12.1 Å². The van der Waals surface area contributed by atoms with Gasteiger partial charge in [-0.1, -0.05) is 12.5 Å². The van der Waals surface area contributed by atoms with E-state index in [0.717, 1.165) is 6.42 Å². The number of ether oxygens (including phenoxy) is 1. The SMILES string of the molecule is COC(=O)C1(c2ccc(N)cc2F)CCC1. The lowest BCUT2D eigenvalue weighted by Crippen LogP contribution is -2.43. The highest BCUT2D eigenvalue weighted by Crippen LogP contribution is 2.45. The van der Waals surface area contributed by atoms with Crippen LogP contribution in [0.2, 0.25) is 0 Å². The third kappa shape index (κ3) is 1.45. The second kappa shape index (κ2) is 3.77. The molecule has 0 unspecified atom stereocenters. The van der Waals surface area contributed by atoms with Gasteiger partial charge in [0, 0.05) is 11.3 Å². The van der Waals surface area contributed by atoms with E-state index < -0.39 is 11.2 Å². The molecule has 0 saturated heterocycles. The zero-order valence-electron chi connectivity index (χ0n) is 9.13. The average Bonchev–Trinajstić information content (AvgIpc) is 2.19. The Labute approximate surface area is 93.4 Å². The molecule has 1 aromatic carbocycles. The van der Waals surface area contributed by atoms with Crippen molar-refractivity contribution in [1.29, 1.82) is 0 Å². The van der Waals surface area contributed by atoms with E-state index in [1.807, 2.05) is 0 Å². The Bertz CT molecular complexity index is 427. The van der Waals surface area contributed by atoms with E-state index in [-0.39, 0.29) is 5.97 Å². The van der Waals surface area contributed by atoms with Gasteiger partial charge in [-0.25, -0.2) is 4.39 Å². The number of nitrogen functional groups attached to an aromatic ring is 1. The molecule has 0 heterocycles. The maximum Gasteiger partial charge on any atom is 0.316 e. The summed E-state index contributed by atoms with van der Waals surface area (Å²) in [6, 6.07) is 4.44. The maximum atomic E-state index is 13.8. The first-order chi connectivity index (χ1) is 7.60. The number of carbonyl (C=O) groups is 1. The Kier molecular flexibility index (Phi) is 2.58. The predicted octanol–water partition coefficient (Wildman–Crippen LogP) is 2.00. The molecule has 0 amide bonds. The smallest absolute Gasteiger partial charge is 0.316 e. The molecule has 1 aliphatic carbocycles. The van der Waals surface area contributed by atoms with Crippen LogP contribution in [0.1, 0.15) is 24.8 Å². The van der Waals surface area contributed by atoms with Crippen LogP contribution < -0.4 is 5.73 Å². The highest BCUT2D eigenvalue weighted by atomic mass is 19.1. The molecule has 16 heavy (non-hydrogen) atoms. The molecular weight excluding hydrogens is 209 g/mol. The topological polar surface area (TPSA) is 52.3 Å². The summed E-state index contributed by atoms with van der Waals surface area (Å²) < 4.78 is 18.5. The molecule has 2 rings (SSSR count). The van der Waals surface area contributed by atoms with Crippen molar-refractivity contribution in [2.24, 2.45) is 0 Å². The Morgan fingerprint density at radius 3 is 2.62 bits per heavy atom. The molecule has 0 spiro atoms. The summed E-state index contributed by atoms with van der Waals surface area (Å²) >= 11 is 0. The van der Waals surface area contributed by atoms with Crippen LogP contribution in [0, 0.1) is 5.82 Å². The van der Waals surface area contributed by atoms with Crippen molar-refractivity contribution >= 4 is 11.7 Å². The number of esters is 1. The summed E-state index contributed by atoms with van der Waals surface area (Å²) in [5, 5.41) is 0. The van der Waals surface area contributed by atoms with Crippen LogP contribution in [0.25, 0.3) is 0 Å². The number of nitrogens with two attached hydrogens (primary N) is 1. The van der Waals surface area contributed by atoms with Gasteiger partial charge in [0.1, 0.15) is 5.82 Å². The molecular formula is C12H14FNO2. The Balaban J connectivity index is 2.45. The molecule has 1 fully saturated rings. The van der Waals surface area contributed by atoms with Crippen LogP contribution >= 0.6 is 0 Å². The Morgan fingerprint density at radius 1 is 1.50 bits per heavy atom. The predicted molar refractivity (Wildman–Crippen MR) is 58.4 cm³/mol. The zero-order chi connectivity index (χ0) is 11.8. The van der Waals surface area contributed by atoms with Gasteiger partial charge in [0.2, 0.25) is 0 Å². The summed E-state index contributed by atoms with van der Waals surface area (Å²) in [6.45, 7) is 0. The number of carbonyl (C=O) groups excluding carboxylic acids is 1. The van der Waals surface area contributed by atoms with Crippen LogP contribution in [-0.2, 0) is 14.9 Å². The number of rotatable bonds is 2. The molecule has 1 aliphatic rings. The van der Waals surface area contributed by atoms with Crippen molar-refractivity contribution in [3.63, 3.8) is 0 Å². The lowest BCUT2D eigenvalue weighted by molar-refractivity contribution is -0.151. The number of halogens is 1. The van der Waals surface area contributed by atoms with Crippen LogP contribution in [0.5, 0.6) is 0 Å². The summed E-state index contributed by atoms with van der Waals surface area (Å²) in [5.74, 6) is -0.785. The van der Waals surface area contributed by atoms with Crippen molar-refractivity contribution in [1.82, 2.24) is 0 Å². The van der Waals surface area contributed by atoms with Crippen molar-refractivity contribution in [3.8, 4) is 0 Å². The van der Waals surface area contributed by atoms with Crippen molar-refractivity contribution in [3.05, 3.63) is 29.6 Å². The fourth-order valence-corrected chi connectivity index (χ4v) is 2.23. The number of hydrogen-bond acceptors (Lipinski definition) is 3. The van der Waals surface area contributed by atoms with Crippen LogP contribution in [0.15, 0.2) is 18.2 Å². The summed E-state index contributed by atoms with van der Waals surface area (Å²) in [4.78, 5) is 11.7. The van der Waals surface area contributed by atoms with Gasteiger partial charge in [-0.15, -0.1) is 0 Å². The third-order valence-electron chi connectivity index (χ3n) is 3.29. The van der Waals surface area contributed by atoms with Gasteiger partial charge in [0.15, 0.2) is 0 Å². The first-order valence-corrected chi connectivity index (χ1v) is 5.24. The molecule has 0 atom stereocenters. The van der Waals surface area contributed by atoms with E-state index in [4.69, 9.17) is 10.5 Å². The lowest BCUT2D eigenvalue weighted by atomic mass is 9.64. The third-order valence-corrected chi connectivity index (χ3v) is 3.29. The highest BCUT2D eigenvalue weighted by Gasteiger charge is 2.48. The second-order valence-electron chi connectivity index (χ2n) is 4.17. The molecule has 0 bridgehead atoms. The second-order valence-corrected chi connectivity index (χ2v) is 4.17. The molecule has 0 radical (unpaired) electrons. The molecule has 0 aromatic heterocycles. The van der Waals surface area contributed by atoms with Gasteiger partial charge in [-0.05, 0) is 25.0 Å². The lowest BCUT2D eigenvalue weighted by Gasteiger charge is -2.39. The standard InChI is InChI=1S/C12H14FNO2/c1-16-11(15)12(5-2-6-12)9-4-3-8(14)7-10(9)13/h3-4,7H,2,5-6,14H2,1H3. The summed E-state index contributed by atoms with van der Waals surface area (Å²) in [7, 11) is 1.33. The fraction of sp³-hybridized carbons (Fsp3) is 0.417. The normalized spacial score (nSPS) is 17.6. The van der Waals surface area contributed by atoms with Gasteiger partial charge in [-0.2, -0.15) is 0 Å². The molecule has 86 valence electrons. The number of hydrogen-bond donors (Lipinski definition) is 1. The highest BCUT2D eigenvalue weighted by molar-refractivity contribution is 5.84. The van der Waals surface area contributed by atoms with E-state index in [9.17, 15) is 9.18 Å². The number of methoxy groups -OCH3 is 1. The summed E-state index contributed by atoms with van der Waals surface area (Å²) in [5.41, 5.74) is 5.46. The monoisotopic (exact) mass is 223 g/mol. The van der Waals surface area contributed by atoms with E-state index in [2.05, 4.69) is 0 Å². The first-order valence-electron chi connectivity index (χ1n) is 5.24. The number of anilines is 1. The Hall–Kier alpha value is -1.58. The van der Waals surface area contributed by atoms with Crippen molar-refractivity contribution in [2.45, 2.75) is 24.7 Å². The molecule has 1 saturated carbocycles. The minimum Gasteiger partial charge on any atom is -0.468 e. The van der Waals surface area contributed by atoms with E-state index in [0.29, 0.717) is 24.1 Å². The molecule has 2 N–H and O–H groups in total. The maximum absolute atomic E-state index is 13.8. The zero-order valence-corrected chi connectivity index (χ0v) is 9.13. The largest absolute Gasteiger partial charge is 0.468 e. The van der Waals surface area contributed by atoms with Crippen LogP contribution in [-0.4, -0.2) is 13.1 Å². The minimum atomic E-state index is -0.785. The van der Waals surface area contributed by atoms with E-state index in [1.165, 1.54) is 13.2 Å². The van der Waals surface area contributed by atoms with Crippen molar-refractivity contribution < 1.29 is 13.9 Å². The van der Waals surface area contributed by atoms with Gasteiger partial charge in [0.25, 0.3) is 0 Å². The van der Waals surface area contributed by atoms with Gasteiger partial charge in [-0.3, -0.25) is 4.79 Å². The van der Waals surface area contributed by atoms with Gasteiger partial charge in [0.05, 0.1) is 12.5 Å². The molecule has 0 aliphatic heterocycles. The quantitative estimate of drug-likeness (QED) is 0.616. The fourth-order valence-electron chi connectivity index (χ4n) is 2.23. The average molecular weight is 223 g/mol. The first kappa shape index (κ1) is 10.9. The van der Waals surface area contributed by atoms with Crippen LogP contribution in [0.4, 0.5) is 10.1 Å². The summed E-state index contributed by atoms with van der Waals surface area (Å²) in [6.07, 6.45) is 2.19. The molecule has 4 heteroatoms. The molecule has 1 aromatic rings. The molecule has 3 nitrogen and oxygen atoms in total. The minimum absolute atomic E-state index is 0.359.